The smallest absolute Gasteiger partial charge is 0.276 e. The van der Waals surface area contributed by atoms with Crippen molar-refractivity contribution < 1.29 is 12.8 Å². The van der Waals surface area contributed by atoms with Gasteiger partial charge in [-0.25, -0.2) is 8.42 Å². The van der Waals surface area contributed by atoms with Crippen LogP contribution in [0.25, 0.3) is 0 Å². The molecular weight excluding hydrogens is 240 g/mol. The lowest BCUT2D eigenvalue weighted by Gasteiger charge is -2.28. The minimum Gasteiger partial charge on any atom is -0.447 e. The van der Waals surface area contributed by atoms with Crippen molar-refractivity contribution in [3.63, 3.8) is 0 Å². The van der Waals surface area contributed by atoms with Gasteiger partial charge in [-0.1, -0.05) is 6.92 Å². The third kappa shape index (κ3) is 2.53. The fourth-order valence-corrected chi connectivity index (χ4v) is 3.36. The Labute approximate surface area is 102 Å². The van der Waals surface area contributed by atoms with E-state index in [0.717, 1.165) is 12.8 Å². The Morgan fingerprint density at radius 1 is 1.41 bits per heavy atom. The van der Waals surface area contributed by atoms with Gasteiger partial charge < -0.3 is 10.2 Å². The van der Waals surface area contributed by atoms with Gasteiger partial charge in [0.2, 0.25) is 5.09 Å². The van der Waals surface area contributed by atoms with E-state index >= 15 is 0 Å². The van der Waals surface area contributed by atoms with Crippen molar-refractivity contribution >= 4 is 10.0 Å². The molecule has 0 saturated carbocycles. The van der Waals surface area contributed by atoms with Gasteiger partial charge in [-0.05, 0) is 30.9 Å². The van der Waals surface area contributed by atoms with Gasteiger partial charge in [0.25, 0.3) is 10.0 Å². The van der Waals surface area contributed by atoms with Gasteiger partial charge in [0.05, 0.1) is 6.54 Å². The second-order valence-electron chi connectivity index (χ2n) is 4.51. The first kappa shape index (κ1) is 12.6. The van der Waals surface area contributed by atoms with Crippen LogP contribution in [-0.2, 0) is 16.6 Å². The molecule has 17 heavy (non-hydrogen) atoms. The van der Waals surface area contributed by atoms with Crippen LogP contribution in [0.15, 0.2) is 21.6 Å². The Morgan fingerprint density at radius 2 is 2.06 bits per heavy atom. The van der Waals surface area contributed by atoms with Crippen molar-refractivity contribution in [1.29, 1.82) is 0 Å². The van der Waals surface area contributed by atoms with E-state index in [1.807, 2.05) is 0 Å². The lowest BCUT2D eigenvalue weighted by molar-refractivity contribution is 0.280. The zero-order valence-electron chi connectivity index (χ0n) is 9.93. The van der Waals surface area contributed by atoms with E-state index in [2.05, 4.69) is 6.92 Å². The topological polar surface area (TPSA) is 76.5 Å². The predicted octanol–water partition coefficient (Wildman–Crippen LogP) is 1.16. The average Bonchev–Trinajstić information content (AvgIpc) is 2.78. The van der Waals surface area contributed by atoms with E-state index in [4.69, 9.17) is 10.2 Å². The summed E-state index contributed by atoms with van der Waals surface area (Å²) in [5, 5.41) is 0.00695. The molecule has 6 heteroatoms. The third-order valence-electron chi connectivity index (χ3n) is 3.17. The fourth-order valence-electron chi connectivity index (χ4n) is 1.96. The molecule has 2 heterocycles. The highest BCUT2D eigenvalue weighted by molar-refractivity contribution is 7.89. The van der Waals surface area contributed by atoms with Crippen molar-refractivity contribution in [2.75, 3.05) is 13.1 Å². The predicted molar refractivity (Wildman–Crippen MR) is 63.8 cm³/mol. The van der Waals surface area contributed by atoms with Crippen molar-refractivity contribution in [3.8, 4) is 0 Å². The standard InChI is InChI=1S/C11H18N2O3S/c1-9-4-6-13(7-5-9)17(14,15)11-3-2-10(8-12)16-11/h2-3,9H,4-8,12H2,1H3. The molecule has 96 valence electrons. The number of sulfonamides is 1. The quantitative estimate of drug-likeness (QED) is 0.882. The number of nitrogens with zero attached hydrogens (tertiary/aromatic N) is 1. The van der Waals surface area contributed by atoms with E-state index in [1.54, 1.807) is 6.07 Å². The lowest BCUT2D eigenvalue weighted by Crippen LogP contribution is -2.37. The molecule has 0 radical (unpaired) electrons. The maximum atomic E-state index is 12.2. The molecule has 1 saturated heterocycles. The van der Waals surface area contributed by atoms with Crippen LogP contribution in [0.5, 0.6) is 0 Å². The Balaban J connectivity index is 2.18. The van der Waals surface area contributed by atoms with Gasteiger partial charge >= 0.3 is 0 Å². The zero-order valence-corrected chi connectivity index (χ0v) is 10.7. The van der Waals surface area contributed by atoms with Crippen molar-refractivity contribution in [2.45, 2.75) is 31.4 Å². The molecule has 0 amide bonds. The minimum atomic E-state index is -3.46. The summed E-state index contributed by atoms with van der Waals surface area (Å²) in [4.78, 5) is 0. The number of hydrogen-bond acceptors (Lipinski definition) is 4. The maximum Gasteiger partial charge on any atom is 0.276 e. The lowest BCUT2D eigenvalue weighted by atomic mass is 10.0. The summed E-state index contributed by atoms with van der Waals surface area (Å²) in [7, 11) is -3.46. The summed E-state index contributed by atoms with van der Waals surface area (Å²) in [5.74, 6) is 1.09. The molecular formula is C11H18N2O3S. The second kappa shape index (κ2) is 4.80. The van der Waals surface area contributed by atoms with Crippen LogP contribution in [-0.4, -0.2) is 25.8 Å². The van der Waals surface area contributed by atoms with Crippen LogP contribution < -0.4 is 5.73 Å². The Bertz CT molecular complexity index is 473. The molecule has 1 aliphatic heterocycles. The largest absolute Gasteiger partial charge is 0.447 e. The van der Waals surface area contributed by atoms with Crippen LogP contribution in [0.3, 0.4) is 0 Å². The average molecular weight is 258 g/mol. The second-order valence-corrected chi connectivity index (χ2v) is 6.38. The molecule has 2 N–H and O–H groups in total. The molecule has 1 fully saturated rings. The molecule has 0 aromatic carbocycles. The normalized spacial score (nSPS) is 19.6. The van der Waals surface area contributed by atoms with E-state index in [1.165, 1.54) is 10.4 Å². The Kier molecular flexibility index (Phi) is 3.56. The van der Waals surface area contributed by atoms with Crippen LogP contribution in [0.4, 0.5) is 0 Å². The molecule has 0 atom stereocenters. The monoisotopic (exact) mass is 258 g/mol. The zero-order chi connectivity index (χ0) is 12.5. The summed E-state index contributed by atoms with van der Waals surface area (Å²) in [6, 6.07) is 3.09. The highest BCUT2D eigenvalue weighted by Crippen LogP contribution is 2.24. The van der Waals surface area contributed by atoms with Gasteiger partial charge in [-0.3, -0.25) is 0 Å². The summed E-state index contributed by atoms with van der Waals surface area (Å²) in [5.41, 5.74) is 5.40. The van der Waals surface area contributed by atoms with Crippen LogP contribution in [0.2, 0.25) is 0 Å². The van der Waals surface area contributed by atoms with E-state index in [-0.39, 0.29) is 11.6 Å². The first-order valence-electron chi connectivity index (χ1n) is 5.83. The molecule has 0 unspecified atom stereocenters. The van der Waals surface area contributed by atoms with Gasteiger partial charge in [-0.15, -0.1) is 0 Å². The van der Waals surface area contributed by atoms with Crippen molar-refractivity contribution in [2.24, 2.45) is 11.7 Å². The SMILES string of the molecule is CC1CCN(S(=O)(=O)c2ccc(CN)o2)CC1. The van der Waals surface area contributed by atoms with Gasteiger partial charge in [0, 0.05) is 13.1 Å². The van der Waals surface area contributed by atoms with E-state index < -0.39 is 10.0 Å². The summed E-state index contributed by atoms with van der Waals surface area (Å²) in [6.45, 7) is 3.50. The number of hydrogen-bond donors (Lipinski definition) is 1. The van der Waals surface area contributed by atoms with Crippen LogP contribution >= 0.6 is 0 Å². The molecule has 0 aliphatic carbocycles. The molecule has 0 spiro atoms. The number of nitrogens with two attached hydrogens (primary N) is 1. The molecule has 5 nitrogen and oxygen atoms in total. The van der Waals surface area contributed by atoms with E-state index in [9.17, 15) is 8.42 Å². The van der Waals surface area contributed by atoms with Gasteiger partial charge in [-0.2, -0.15) is 4.31 Å². The Hall–Kier alpha value is -0.850. The third-order valence-corrected chi connectivity index (χ3v) is 4.95. The molecule has 0 bridgehead atoms. The summed E-state index contributed by atoms with van der Waals surface area (Å²) < 4.78 is 31.1. The minimum absolute atomic E-state index is 0.00695. The molecule has 1 aromatic heterocycles. The van der Waals surface area contributed by atoms with Crippen LogP contribution in [0.1, 0.15) is 25.5 Å². The van der Waals surface area contributed by atoms with E-state index in [0.29, 0.717) is 24.8 Å². The molecule has 1 aromatic rings. The summed E-state index contributed by atoms with van der Waals surface area (Å²) in [6.07, 6.45) is 1.81. The maximum absolute atomic E-state index is 12.2. The van der Waals surface area contributed by atoms with Crippen molar-refractivity contribution in [1.82, 2.24) is 4.31 Å². The first-order valence-corrected chi connectivity index (χ1v) is 7.27. The number of rotatable bonds is 3. The fraction of sp³-hybridized carbons (Fsp3) is 0.636. The summed E-state index contributed by atoms with van der Waals surface area (Å²) >= 11 is 0. The number of piperidine rings is 1. The molecule has 1 aliphatic rings. The highest BCUT2D eigenvalue weighted by Gasteiger charge is 2.30. The molecule has 2 rings (SSSR count). The van der Waals surface area contributed by atoms with Crippen molar-refractivity contribution in [3.05, 3.63) is 17.9 Å². The Morgan fingerprint density at radius 3 is 2.59 bits per heavy atom. The highest BCUT2D eigenvalue weighted by atomic mass is 32.2. The van der Waals surface area contributed by atoms with Gasteiger partial charge in [0.15, 0.2) is 0 Å². The number of furan rings is 1. The van der Waals surface area contributed by atoms with Gasteiger partial charge in [0.1, 0.15) is 5.76 Å². The first-order chi connectivity index (χ1) is 8.04. The van der Waals surface area contributed by atoms with Crippen LogP contribution in [0, 0.1) is 5.92 Å².